The molecule has 0 aliphatic heterocycles. The van der Waals surface area contributed by atoms with Gasteiger partial charge in [-0.15, -0.1) is 0 Å². The number of amides is 1. The van der Waals surface area contributed by atoms with Gasteiger partial charge in [0.2, 0.25) is 5.91 Å². The number of para-hydroxylation sites is 1. The van der Waals surface area contributed by atoms with Gasteiger partial charge in [-0.1, -0.05) is 71.7 Å². The predicted octanol–water partition coefficient (Wildman–Crippen LogP) is 5.72. The molecule has 4 nitrogen and oxygen atoms in total. The van der Waals surface area contributed by atoms with Crippen molar-refractivity contribution in [2.45, 2.75) is 0 Å². The number of nitrogens with one attached hydrogen (secondary N) is 2. The SMILES string of the molecule is COc1c(Cl)cc(NCC(=O)Nc2ccccc2-c2ccccc2)cc1Cl. The highest BCUT2D eigenvalue weighted by Crippen LogP contribution is 2.35. The highest BCUT2D eigenvalue weighted by molar-refractivity contribution is 6.37. The van der Waals surface area contributed by atoms with Gasteiger partial charge >= 0.3 is 0 Å². The molecular formula is C21H18Cl2N2O2. The Labute approximate surface area is 168 Å². The van der Waals surface area contributed by atoms with Crippen molar-refractivity contribution in [1.29, 1.82) is 0 Å². The largest absolute Gasteiger partial charge is 0.494 e. The first-order valence-electron chi connectivity index (χ1n) is 8.29. The number of carbonyl (C=O) groups excluding carboxylic acids is 1. The summed E-state index contributed by atoms with van der Waals surface area (Å²) < 4.78 is 5.12. The smallest absolute Gasteiger partial charge is 0.243 e. The number of hydrogen-bond acceptors (Lipinski definition) is 3. The second kappa shape index (κ2) is 8.80. The molecule has 0 aromatic heterocycles. The number of ether oxygens (including phenoxy) is 1. The first-order chi connectivity index (χ1) is 13.1. The van der Waals surface area contributed by atoms with Crippen molar-refractivity contribution in [3.63, 3.8) is 0 Å². The molecule has 0 spiro atoms. The Kier molecular flexibility index (Phi) is 6.22. The van der Waals surface area contributed by atoms with Crippen molar-refractivity contribution in [1.82, 2.24) is 0 Å². The third-order valence-electron chi connectivity index (χ3n) is 3.94. The fourth-order valence-corrected chi connectivity index (χ4v) is 3.34. The summed E-state index contributed by atoms with van der Waals surface area (Å²) in [6, 6.07) is 20.9. The molecule has 0 aliphatic rings. The van der Waals surface area contributed by atoms with Crippen molar-refractivity contribution >= 4 is 40.5 Å². The van der Waals surface area contributed by atoms with Crippen LogP contribution in [-0.4, -0.2) is 19.6 Å². The van der Waals surface area contributed by atoms with Gasteiger partial charge in [-0.05, 0) is 23.8 Å². The normalized spacial score (nSPS) is 10.3. The lowest BCUT2D eigenvalue weighted by molar-refractivity contribution is -0.114. The van der Waals surface area contributed by atoms with E-state index >= 15 is 0 Å². The summed E-state index contributed by atoms with van der Waals surface area (Å²) in [6.07, 6.45) is 0. The van der Waals surface area contributed by atoms with Crippen molar-refractivity contribution in [2.75, 3.05) is 24.3 Å². The third-order valence-corrected chi connectivity index (χ3v) is 4.50. The Balaban J connectivity index is 1.69. The van der Waals surface area contributed by atoms with Gasteiger partial charge in [0.15, 0.2) is 5.75 Å². The average Bonchev–Trinajstić information content (AvgIpc) is 2.67. The van der Waals surface area contributed by atoms with E-state index in [1.54, 1.807) is 12.1 Å². The molecule has 0 saturated heterocycles. The highest BCUT2D eigenvalue weighted by atomic mass is 35.5. The Bertz CT molecular complexity index is 923. The summed E-state index contributed by atoms with van der Waals surface area (Å²) in [6.45, 7) is 0.0715. The fraction of sp³-hybridized carbons (Fsp3) is 0.0952. The molecule has 3 aromatic rings. The van der Waals surface area contributed by atoms with Gasteiger partial charge in [-0.2, -0.15) is 0 Å². The van der Waals surface area contributed by atoms with Crippen LogP contribution in [0.3, 0.4) is 0 Å². The van der Waals surface area contributed by atoms with Crippen LogP contribution in [0.2, 0.25) is 10.0 Å². The molecule has 0 heterocycles. The molecule has 0 aliphatic carbocycles. The molecule has 6 heteroatoms. The van der Waals surface area contributed by atoms with Gasteiger partial charge in [0.1, 0.15) is 0 Å². The summed E-state index contributed by atoms with van der Waals surface area (Å²) in [5, 5.41) is 6.71. The van der Waals surface area contributed by atoms with Gasteiger partial charge in [-0.25, -0.2) is 0 Å². The summed E-state index contributed by atoms with van der Waals surface area (Å²) in [5.74, 6) is 0.228. The van der Waals surface area contributed by atoms with Crippen LogP contribution in [0.25, 0.3) is 11.1 Å². The van der Waals surface area contributed by atoms with E-state index in [-0.39, 0.29) is 12.5 Å². The number of methoxy groups -OCH3 is 1. The fourth-order valence-electron chi connectivity index (χ4n) is 2.70. The summed E-state index contributed by atoms with van der Waals surface area (Å²) in [4.78, 5) is 12.4. The summed E-state index contributed by atoms with van der Waals surface area (Å²) >= 11 is 12.2. The summed E-state index contributed by atoms with van der Waals surface area (Å²) in [5.41, 5.74) is 3.38. The third kappa shape index (κ3) is 4.73. The molecule has 27 heavy (non-hydrogen) atoms. The van der Waals surface area contributed by atoms with Crippen LogP contribution in [0.4, 0.5) is 11.4 Å². The second-order valence-electron chi connectivity index (χ2n) is 5.79. The Morgan fingerprint density at radius 2 is 1.59 bits per heavy atom. The first-order valence-corrected chi connectivity index (χ1v) is 9.05. The molecule has 0 bridgehead atoms. The number of benzene rings is 3. The molecule has 2 N–H and O–H groups in total. The van der Waals surface area contributed by atoms with E-state index < -0.39 is 0 Å². The van der Waals surface area contributed by atoms with Gasteiger partial charge in [-0.3, -0.25) is 4.79 Å². The van der Waals surface area contributed by atoms with Crippen molar-refractivity contribution in [3.8, 4) is 16.9 Å². The molecule has 3 aromatic carbocycles. The molecule has 138 valence electrons. The molecule has 0 unspecified atom stereocenters. The molecule has 0 saturated carbocycles. The van der Waals surface area contributed by atoms with Gasteiger partial charge in [0.05, 0.1) is 23.7 Å². The first kappa shape index (κ1) is 19.1. The zero-order chi connectivity index (χ0) is 19.2. The van der Waals surface area contributed by atoms with E-state index in [2.05, 4.69) is 10.6 Å². The Morgan fingerprint density at radius 3 is 2.26 bits per heavy atom. The zero-order valence-corrected chi connectivity index (χ0v) is 16.1. The molecule has 0 fully saturated rings. The topological polar surface area (TPSA) is 50.4 Å². The molecule has 3 rings (SSSR count). The maximum absolute atomic E-state index is 12.4. The van der Waals surface area contributed by atoms with E-state index in [9.17, 15) is 4.79 Å². The summed E-state index contributed by atoms with van der Waals surface area (Å²) in [7, 11) is 1.50. The molecule has 1 amide bonds. The average molecular weight is 401 g/mol. The van der Waals surface area contributed by atoms with E-state index in [1.807, 2.05) is 54.6 Å². The van der Waals surface area contributed by atoms with Crippen molar-refractivity contribution in [3.05, 3.63) is 76.8 Å². The Morgan fingerprint density at radius 1 is 0.963 bits per heavy atom. The van der Waals surface area contributed by atoms with Crippen LogP contribution >= 0.6 is 23.2 Å². The van der Waals surface area contributed by atoms with E-state index in [1.165, 1.54) is 7.11 Å². The van der Waals surface area contributed by atoms with Crippen molar-refractivity contribution in [2.24, 2.45) is 0 Å². The maximum atomic E-state index is 12.4. The van der Waals surface area contributed by atoms with Crippen LogP contribution in [0.15, 0.2) is 66.7 Å². The molecular weight excluding hydrogens is 383 g/mol. The quantitative estimate of drug-likeness (QED) is 0.556. The second-order valence-corrected chi connectivity index (χ2v) is 6.60. The number of rotatable bonds is 6. The number of hydrogen-bond donors (Lipinski definition) is 2. The standard InChI is InChI=1S/C21H18Cl2N2O2/c1-27-21-17(22)11-15(12-18(21)23)24-13-20(26)25-19-10-6-5-9-16(19)14-7-3-2-4-8-14/h2-12,24H,13H2,1H3,(H,25,26). The lowest BCUT2D eigenvalue weighted by Gasteiger charge is -2.13. The minimum absolute atomic E-state index is 0.0715. The molecule has 0 radical (unpaired) electrons. The van der Waals surface area contributed by atoms with E-state index in [0.29, 0.717) is 21.5 Å². The van der Waals surface area contributed by atoms with Crippen molar-refractivity contribution < 1.29 is 9.53 Å². The predicted molar refractivity (Wildman–Crippen MR) is 112 cm³/mol. The number of halogens is 2. The zero-order valence-electron chi connectivity index (χ0n) is 14.6. The monoisotopic (exact) mass is 400 g/mol. The van der Waals surface area contributed by atoms with Crippen LogP contribution in [0.5, 0.6) is 5.75 Å². The minimum Gasteiger partial charge on any atom is -0.494 e. The van der Waals surface area contributed by atoms with Gasteiger partial charge in [0, 0.05) is 16.9 Å². The van der Waals surface area contributed by atoms with Crippen LogP contribution < -0.4 is 15.4 Å². The Hall–Kier alpha value is -2.69. The van der Waals surface area contributed by atoms with Gasteiger partial charge < -0.3 is 15.4 Å². The number of anilines is 2. The molecule has 0 atom stereocenters. The van der Waals surface area contributed by atoms with Crippen LogP contribution in [0.1, 0.15) is 0 Å². The van der Waals surface area contributed by atoms with Crippen LogP contribution in [0, 0.1) is 0 Å². The maximum Gasteiger partial charge on any atom is 0.243 e. The minimum atomic E-state index is -0.179. The number of carbonyl (C=O) groups is 1. The highest BCUT2D eigenvalue weighted by Gasteiger charge is 2.11. The van der Waals surface area contributed by atoms with E-state index in [0.717, 1.165) is 16.8 Å². The van der Waals surface area contributed by atoms with E-state index in [4.69, 9.17) is 27.9 Å². The van der Waals surface area contributed by atoms with Crippen LogP contribution in [-0.2, 0) is 4.79 Å². The van der Waals surface area contributed by atoms with Gasteiger partial charge in [0.25, 0.3) is 0 Å². The lowest BCUT2D eigenvalue weighted by Crippen LogP contribution is -2.22. The lowest BCUT2D eigenvalue weighted by atomic mass is 10.0.